The molecule has 6 heteroatoms. The van der Waals surface area contributed by atoms with Crippen molar-refractivity contribution >= 4 is 0 Å². The summed E-state index contributed by atoms with van der Waals surface area (Å²) >= 11 is 0. The van der Waals surface area contributed by atoms with Gasteiger partial charge in [-0.05, 0) is 30.9 Å². The number of nitrogens with zero attached hydrogens (tertiary/aromatic N) is 1. The highest BCUT2D eigenvalue weighted by molar-refractivity contribution is 5.27. The number of pyridine rings is 1. The number of nitrogens with one attached hydrogen (secondary N) is 1. The van der Waals surface area contributed by atoms with Crippen molar-refractivity contribution in [2.24, 2.45) is 5.84 Å². The zero-order chi connectivity index (χ0) is 12.5. The normalized spacial score (nSPS) is 22.0. The highest BCUT2D eigenvalue weighted by atomic mass is 19.4. The van der Waals surface area contributed by atoms with Crippen LogP contribution in [0.25, 0.3) is 0 Å². The summed E-state index contributed by atoms with van der Waals surface area (Å²) in [5.41, 5.74) is 3.31. The molecule has 94 valence electrons. The molecule has 0 bridgehead atoms. The fourth-order valence-electron chi connectivity index (χ4n) is 2.41. The average molecular weight is 245 g/mol. The van der Waals surface area contributed by atoms with Crippen molar-refractivity contribution in [2.45, 2.75) is 37.4 Å². The van der Waals surface area contributed by atoms with E-state index >= 15 is 0 Å². The van der Waals surface area contributed by atoms with Gasteiger partial charge in [0.1, 0.15) is 6.04 Å². The van der Waals surface area contributed by atoms with Gasteiger partial charge in [-0.3, -0.25) is 10.8 Å². The minimum Gasteiger partial charge on any atom is -0.271 e. The lowest BCUT2D eigenvalue weighted by atomic mass is 9.82. The molecule has 1 aromatic rings. The topological polar surface area (TPSA) is 50.9 Å². The van der Waals surface area contributed by atoms with Crippen LogP contribution in [0.4, 0.5) is 13.2 Å². The number of aryl methyl sites for hydroxylation is 1. The molecule has 0 amide bonds. The van der Waals surface area contributed by atoms with Crippen LogP contribution in [-0.4, -0.2) is 17.2 Å². The summed E-state index contributed by atoms with van der Waals surface area (Å²) in [7, 11) is 0. The number of halogens is 3. The summed E-state index contributed by atoms with van der Waals surface area (Å²) in [5.74, 6) is 4.36. The maximum atomic E-state index is 12.8. The molecular formula is C11H14F3N3. The SMILES string of the molecule is NNC(C1CCCc2cccnc21)C(F)(F)F. The first-order chi connectivity index (χ1) is 8.04. The second kappa shape index (κ2) is 4.62. The number of aromatic nitrogens is 1. The number of rotatable bonds is 2. The highest BCUT2D eigenvalue weighted by Crippen LogP contribution is 2.38. The number of hydrazine groups is 1. The van der Waals surface area contributed by atoms with Gasteiger partial charge < -0.3 is 0 Å². The average Bonchev–Trinajstić information content (AvgIpc) is 2.28. The van der Waals surface area contributed by atoms with Crippen molar-refractivity contribution in [1.82, 2.24) is 10.4 Å². The Kier molecular flexibility index (Phi) is 3.35. The van der Waals surface area contributed by atoms with Crippen LogP contribution < -0.4 is 11.3 Å². The van der Waals surface area contributed by atoms with E-state index in [-0.39, 0.29) is 0 Å². The van der Waals surface area contributed by atoms with E-state index in [1.165, 1.54) is 6.20 Å². The fourth-order valence-corrected chi connectivity index (χ4v) is 2.41. The van der Waals surface area contributed by atoms with Crippen molar-refractivity contribution in [1.29, 1.82) is 0 Å². The van der Waals surface area contributed by atoms with E-state index < -0.39 is 18.1 Å². The van der Waals surface area contributed by atoms with Crippen LogP contribution in [0.3, 0.4) is 0 Å². The van der Waals surface area contributed by atoms with Crippen molar-refractivity contribution in [3.05, 3.63) is 29.6 Å². The summed E-state index contributed by atoms with van der Waals surface area (Å²) in [6.45, 7) is 0. The first-order valence-electron chi connectivity index (χ1n) is 5.50. The van der Waals surface area contributed by atoms with Gasteiger partial charge in [0.15, 0.2) is 0 Å². The molecule has 1 aromatic heterocycles. The minimum atomic E-state index is -4.36. The maximum absolute atomic E-state index is 12.8. The first kappa shape index (κ1) is 12.3. The molecule has 0 aromatic carbocycles. The Bertz CT molecular complexity index is 392. The van der Waals surface area contributed by atoms with Crippen LogP contribution in [0, 0.1) is 0 Å². The van der Waals surface area contributed by atoms with Crippen molar-refractivity contribution in [3.63, 3.8) is 0 Å². The summed E-state index contributed by atoms with van der Waals surface area (Å²) in [4.78, 5) is 4.09. The van der Waals surface area contributed by atoms with Gasteiger partial charge in [-0.25, -0.2) is 5.43 Å². The van der Waals surface area contributed by atoms with E-state index in [4.69, 9.17) is 5.84 Å². The minimum absolute atomic E-state index is 0.457. The molecule has 0 saturated heterocycles. The summed E-state index contributed by atoms with van der Waals surface area (Å²) in [6.07, 6.45) is -0.850. The van der Waals surface area contributed by atoms with Gasteiger partial charge in [0.2, 0.25) is 0 Å². The van der Waals surface area contributed by atoms with Crippen LogP contribution in [0.1, 0.15) is 30.0 Å². The molecule has 2 unspecified atom stereocenters. The molecule has 2 atom stereocenters. The van der Waals surface area contributed by atoms with E-state index in [2.05, 4.69) is 4.98 Å². The number of alkyl halides is 3. The van der Waals surface area contributed by atoms with Gasteiger partial charge >= 0.3 is 6.18 Å². The Labute approximate surface area is 97.2 Å². The highest BCUT2D eigenvalue weighted by Gasteiger charge is 2.46. The second-order valence-electron chi connectivity index (χ2n) is 4.23. The summed E-state index contributed by atoms with van der Waals surface area (Å²) < 4.78 is 38.5. The largest absolute Gasteiger partial charge is 0.405 e. The zero-order valence-corrected chi connectivity index (χ0v) is 9.17. The van der Waals surface area contributed by atoms with E-state index in [1.807, 2.05) is 11.5 Å². The van der Waals surface area contributed by atoms with E-state index in [1.54, 1.807) is 6.07 Å². The van der Waals surface area contributed by atoms with Gasteiger partial charge in [0.05, 0.1) is 0 Å². The number of fused-ring (bicyclic) bond motifs is 1. The number of nitrogens with two attached hydrogens (primary N) is 1. The maximum Gasteiger partial charge on any atom is 0.405 e. The Morgan fingerprint density at radius 3 is 2.88 bits per heavy atom. The molecule has 3 N–H and O–H groups in total. The molecule has 0 aliphatic heterocycles. The molecule has 1 aliphatic rings. The number of hydrogen-bond acceptors (Lipinski definition) is 3. The Balaban J connectivity index is 2.34. The van der Waals surface area contributed by atoms with Crippen molar-refractivity contribution in [3.8, 4) is 0 Å². The van der Waals surface area contributed by atoms with Crippen LogP contribution in [-0.2, 0) is 6.42 Å². The van der Waals surface area contributed by atoms with E-state index in [0.717, 1.165) is 18.4 Å². The van der Waals surface area contributed by atoms with Gasteiger partial charge in [0, 0.05) is 17.8 Å². The molecule has 0 saturated carbocycles. The molecular weight excluding hydrogens is 231 g/mol. The summed E-state index contributed by atoms with van der Waals surface area (Å²) in [5, 5.41) is 0. The van der Waals surface area contributed by atoms with Crippen molar-refractivity contribution in [2.75, 3.05) is 0 Å². The standard InChI is InChI=1S/C11H14F3N3/c12-11(13,14)10(17-15)8-5-1-3-7-4-2-6-16-9(7)8/h2,4,6,8,10,17H,1,3,5,15H2. The quantitative estimate of drug-likeness (QED) is 0.618. The van der Waals surface area contributed by atoms with Crippen LogP contribution >= 0.6 is 0 Å². The summed E-state index contributed by atoms with van der Waals surface area (Å²) in [6, 6.07) is 1.86. The first-order valence-corrected chi connectivity index (χ1v) is 5.50. The lowest BCUT2D eigenvalue weighted by Gasteiger charge is -2.32. The Morgan fingerprint density at radius 1 is 1.47 bits per heavy atom. The Hall–Kier alpha value is -1.14. The third kappa shape index (κ3) is 2.42. The third-order valence-corrected chi connectivity index (χ3v) is 3.17. The van der Waals surface area contributed by atoms with Gasteiger partial charge in [-0.15, -0.1) is 0 Å². The molecule has 3 nitrogen and oxygen atoms in total. The zero-order valence-electron chi connectivity index (χ0n) is 9.17. The lowest BCUT2D eigenvalue weighted by Crippen LogP contribution is -2.50. The second-order valence-corrected chi connectivity index (χ2v) is 4.23. The molecule has 17 heavy (non-hydrogen) atoms. The molecule has 0 spiro atoms. The van der Waals surface area contributed by atoms with E-state index in [0.29, 0.717) is 12.1 Å². The fraction of sp³-hybridized carbons (Fsp3) is 0.545. The van der Waals surface area contributed by atoms with Crippen LogP contribution in [0.5, 0.6) is 0 Å². The van der Waals surface area contributed by atoms with Crippen LogP contribution in [0.2, 0.25) is 0 Å². The van der Waals surface area contributed by atoms with Gasteiger partial charge in [0.25, 0.3) is 0 Å². The molecule has 1 heterocycles. The monoisotopic (exact) mass is 245 g/mol. The molecule has 0 fully saturated rings. The van der Waals surface area contributed by atoms with Crippen LogP contribution in [0.15, 0.2) is 18.3 Å². The van der Waals surface area contributed by atoms with Gasteiger partial charge in [-0.1, -0.05) is 6.07 Å². The predicted octanol–water partition coefficient (Wildman–Crippen LogP) is 1.90. The lowest BCUT2D eigenvalue weighted by molar-refractivity contribution is -0.162. The molecule has 0 radical (unpaired) electrons. The molecule has 1 aliphatic carbocycles. The third-order valence-electron chi connectivity index (χ3n) is 3.17. The Morgan fingerprint density at radius 2 is 2.24 bits per heavy atom. The van der Waals surface area contributed by atoms with Gasteiger partial charge in [-0.2, -0.15) is 13.2 Å². The molecule has 2 rings (SSSR count). The smallest absolute Gasteiger partial charge is 0.271 e. The van der Waals surface area contributed by atoms with E-state index in [9.17, 15) is 13.2 Å². The number of hydrogen-bond donors (Lipinski definition) is 2. The predicted molar refractivity (Wildman–Crippen MR) is 57.1 cm³/mol. The van der Waals surface area contributed by atoms with Crippen molar-refractivity contribution < 1.29 is 13.2 Å².